The molecule has 5 heteroatoms. The number of furan rings is 2. The second-order valence-corrected chi connectivity index (χ2v) is 14.5. The molecule has 0 aliphatic heterocycles. The van der Waals surface area contributed by atoms with Crippen LogP contribution in [0.15, 0.2) is 191 Å². The van der Waals surface area contributed by atoms with Gasteiger partial charge in [0.2, 0.25) is 0 Å². The number of hydrogen-bond donors (Lipinski definition) is 0. The molecule has 11 rings (SSSR count). The highest BCUT2D eigenvalue weighted by atomic mass is 32.1. The molecule has 4 nitrogen and oxygen atoms in total. The number of nitrogens with zero attached hydrogens (tertiary/aromatic N) is 2. The first-order chi connectivity index (χ1) is 26.8. The molecule has 0 N–H and O–H groups in total. The van der Waals surface area contributed by atoms with E-state index in [1.807, 2.05) is 18.2 Å². The molecule has 3 heterocycles. The lowest BCUT2D eigenvalue weighted by molar-refractivity contribution is 0.669. The first kappa shape index (κ1) is 30.7. The molecule has 8 aromatic carbocycles. The fourth-order valence-electron chi connectivity index (χ4n) is 7.78. The normalized spacial score (nSPS) is 11.7. The minimum atomic E-state index is 0.830. The van der Waals surface area contributed by atoms with Crippen molar-refractivity contribution >= 4 is 82.5 Å². The summed E-state index contributed by atoms with van der Waals surface area (Å²) in [5, 5.41) is 5.40. The Bertz CT molecular complexity index is 3160. The molecule has 0 aliphatic carbocycles. The molecular weight excluding hydrogens is 681 g/mol. The summed E-state index contributed by atoms with van der Waals surface area (Å²) in [6.07, 6.45) is 0. The maximum atomic E-state index is 6.84. The van der Waals surface area contributed by atoms with E-state index in [1.165, 1.54) is 0 Å². The zero-order chi connectivity index (χ0) is 35.6. The van der Waals surface area contributed by atoms with Crippen LogP contribution >= 0.6 is 11.3 Å². The van der Waals surface area contributed by atoms with Gasteiger partial charge in [-0.05, 0) is 65.2 Å². The molecule has 0 amide bonds. The van der Waals surface area contributed by atoms with Gasteiger partial charge in [-0.2, -0.15) is 0 Å². The summed E-state index contributed by atoms with van der Waals surface area (Å²) in [5.74, 6) is 0. The van der Waals surface area contributed by atoms with E-state index >= 15 is 0 Å². The number of anilines is 3. The summed E-state index contributed by atoms with van der Waals surface area (Å²) >= 11 is 1.71. The second-order valence-electron chi connectivity index (χ2n) is 13.5. The van der Waals surface area contributed by atoms with Crippen molar-refractivity contribution < 1.29 is 8.83 Å². The van der Waals surface area contributed by atoms with Crippen molar-refractivity contribution in [3.8, 4) is 32.8 Å². The van der Waals surface area contributed by atoms with Gasteiger partial charge in [0.25, 0.3) is 0 Å². The number of rotatable bonds is 6. The standard InChI is InChI=1S/C49H30N2O2S/c1-3-12-31(13-4-1)34-16-9-17-36(30-34)51(35-26-24-32(25-27-35)37-19-10-20-39-38-18-7-8-23-43(38)52-46(37)39)42-22-11-21-40-45-44(53-47(40)42)29-28-41-48(45)54-49(50-41)33-14-5-2-6-15-33/h1-30H. The molecule has 254 valence electrons. The van der Waals surface area contributed by atoms with Crippen molar-refractivity contribution in [1.29, 1.82) is 0 Å². The molecule has 0 bridgehead atoms. The second kappa shape index (κ2) is 12.3. The van der Waals surface area contributed by atoms with Crippen molar-refractivity contribution in [3.05, 3.63) is 182 Å². The van der Waals surface area contributed by atoms with Crippen LogP contribution in [0.4, 0.5) is 17.1 Å². The van der Waals surface area contributed by atoms with E-state index < -0.39 is 0 Å². The average molecular weight is 711 g/mol. The Labute approximate surface area is 314 Å². The molecule has 54 heavy (non-hydrogen) atoms. The van der Waals surface area contributed by atoms with Gasteiger partial charge in [0.15, 0.2) is 5.58 Å². The first-order valence-electron chi connectivity index (χ1n) is 18.0. The van der Waals surface area contributed by atoms with Gasteiger partial charge < -0.3 is 13.7 Å². The van der Waals surface area contributed by atoms with Crippen LogP contribution in [0, 0.1) is 0 Å². The van der Waals surface area contributed by atoms with Crippen molar-refractivity contribution in [2.24, 2.45) is 0 Å². The lowest BCUT2D eigenvalue weighted by Gasteiger charge is -2.26. The molecule has 0 fully saturated rings. The minimum Gasteiger partial charge on any atom is -0.455 e. The molecule has 0 saturated heterocycles. The van der Waals surface area contributed by atoms with E-state index in [-0.39, 0.29) is 0 Å². The van der Waals surface area contributed by atoms with Gasteiger partial charge in [0, 0.05) is 44.0 Å². The number of aromatic nitrogens is 1. The van der Waals surface area contributed by atoms with E-state index in [2.05, 4.69) is 169 Å². The quantitative estimate of drug-likeness (QED) is 0.172. The van der Waals surface area contributed by atoms with Crippen LogP contribution in [0.1, 0.15) is 0 Å². The largest absolute Gasteiger partial charge is 0.455 e. The zero-order valence-corrected chi connectivity index (χ0v) is 29.8. The smallest absolute Gasteiger partial charge is 0.159 e. The molecule has 0 unspecified atom stereocenters. The number of thiazole rings is 1. The van der Waals surface area contributed by atoms with Crippen LogP contribution < -0.4 is 4.90 Å². The third-order valence-electron chi connectivity index (χ3n) is 10.3. The van der Waals surface area contributed by atoms with Crippen LogP contribution in [-0.4, -0.2) is 4.98 Å². The van der Waals surface area contributed by atoms with Gasteiger partial charge in [-0.25, -0.2) is 4.98 Å². The minimum absolute atomic E-state index is 0.830. The Kier molecular flexibility index (Phi) is 7.00. The Hall–Kier alpha value is -6.95. The molecular formula is C49H30N2O2S. The highest BCUT2D eigenvalue weighted by Gasteiger charge is 2.22. The SMILES string of the molecule is c1ccc(-c2cccc(N(c3ccc(-c4cccc5c4oc4ccccc45)cc3)c3cccc4c3oc3ccc5nc(-c6ccccc6)sc5c34)c2)cc1. The Morgan fingerprint density at radius 2 is 1.13 bits per heavy atom. The third-order valence-corrected chi connectivity index (χ3v) is 11.4. The molecule has 0 atom stereocenters. The van der Waals surface area contributed by atoms with E-state index in [9.17, 15) is 0 Å². The van der Waals surface area contributed by atoms with Gasteiger partial charge in [-0.15, -0.1) is 11.3 Å². The summed E-state index contributed by atoms with van der Waals surface area (Å²) in [4.78, 5) is 7.34. The van der Waals surface area contributed by atoms with Crippen LogP contribution in [0.25, 0.3) is 86.9 Å². The number of benzene rings is 8. The predicted octanol–water partition coefficient (Wildman–Crippen LogP) is 14.6. The summed E-state index contributed by atoms with van der Waals surface area (Å²) < 4.78 is 14.4. The van der Waals surface area contributed by atoms with Crippen LogP contribution in [-0.2, 0) is 0 Å². The highest BCUT2D eigenvalue weighted by molar-refractivity contribution is 7.22. The highest BCUT2D eigenvalue weighted by Crippen LogP contribution is 2.46. The Morgan fingerprint density at radius 1 is 0.444 bits per heavy atom. The lowest BCUT2D eigenvalue weighted by atomic mass is 10.0. The van der Waals surface area contributed by atoms with Crippen molar-refractivity contribution in [2.45, 2.75) is 0 Å². The van der Waals surface area contributed by atoms with Gasteiger partial charge in [-0.3, -0.25) is 0 Å². The Balaban J connectivity index is 1.09. The lowest BCUT2D eigenvalue weighted by Crippen LogP contribution is -2.10. The van der Waals surface area contributed by atoms with Crippen molar-refractivity contribution in [1.82, 2.24) is 4.98 Å². The monoisotopic (exact) mass is 710 g/mol. The van der Waals surface area contributed by atoms with E-state index in [0.29, 0.717) is 0 Å². The average Bonchev–Trinajstić information content (AvgIpc) is 3.96. The summed E-state index contributed by atoms with van der Waals surface area (Å²) in [7, 11) is 0. The van der Waals surface area contributed by atoms with E-state index in [1.54, 1.807) is 11.3 Å². The number of hydrogen-bond acceptors (Lipinski definition) is 5. The first-order valence-corrected chi connectivity index (χ1v) is 18.8. The summed E-state index contributed by atoms with van der Waals surface area (Å²) in [6.45, 7) is 0. The maximum absolute atomic E-state index is 6.84. The summed E-state index contributed by atoms with van der Waals surface area (Å²) in [6, 6.07) is 63.6. The number of para-hydroxylation sites is 3. The van der Waals surface area contributed by atoms with Gasteiger partial charge in [0.1, 0.15) is 21.8 Å². The molecule has 0 radical (unpaired) electrons. The van der Waals surface area contributed by atoms with Gasteiger partial charge in [0.05, 0.1) is 15.9 Å². The zero-order valence-electron chi connectivity index (χ0n) is 28.9. The fourth-order valence-corrected chi connectivity index (χ4v) is 8.90. The third kappa shape index (κ3) is 4.94. The topological polar surface area (TPSA) is 42.4 Å². The molecule has 0 spiro atoms. The van der Waals surface area contributed by atoms with E-state index in [0.717, 1.165) is 104 Å². The molecule has 11 aromatic rings. The molecule has 3 aromatic heterocycles. The van der Waals surface area contributed by atoms with Crippen LogP contribution in [0.2, 0.25) is 0 Å². The van der Waals surface area contributed by atoms with Gasteiger partial charge in [-0.1, -0.05) is 133 Å². The van der Waals surface area contributed by atoms with Gasteiger partial charge >= 0.3 is 0 Å². The van der Waals surface area contributed by atoms with Crippen molar-refractivity contribution in [2.75, 3.05) is 4.90 Å². The fraction of sp³-hybridized carbons (Fsp3) is 0. The van der Waals surface area contributed by atoms with Crippen molar-refractivity contribution in [3.63, 3.8) is 0 Å². The van der Waals surface area contributed by atoms with Crippen LogP contribution in [0.3, 0.4) is 0 Å². The van der Waals surface area contributed by atoms with Crippen LogP contribution in [0.5, 0.6) is 0 Å². The Morgan fingerprint density at radius 3 is 1.98 bits per heavy atom. The molecule has 0 saturated carbocycles. The number of fused-ring (bicyclic) bond motifs is 8. The summed E-state index contributed by atoms with van der Waals surface area (Å²) in [5.41, 5.74) is 13.0. The molecule has 0 aliphatic rings. The predicted molar refractivity (Wildman–Crippen MR) is 225 cm³/mol. The maximum Gasteiger partial charge on any atom is 0.159 e. The van der Waals surface area contributed by atoms with E-state index in [4.69, 9.17) is 13.8 Å².